The number of nitrogens with zero attached hydrogens (tertiary/aromatic N) is 1. The number of amides is 1. The van der Waals surface area contributed by atoms with Crippen LogP contribution >= 0.6 is 0 Å². The van der Waals surface area contributed by atoms with Gasteiger partial charge in [-0.1, -0.05) is 18.2 Å². The van der Waals surface area contributed by atoms with Crippen molar-refractivity contribution in [3.8, 4) is 0 Å². The molecule has 0 aliphatic heterocycles. The summed E-state index contributed by atoms with van der Waals surface area (Å²) in [6, 6.07) is 6.79. The Bertz CT molecular complexity index is 491. The minimum atomic E-state index is -0.958. The average molecular weight is 279 g/mol. The highest BCUT2D eigenvalue weighted by atomic mass is 16.6. The number of carboxylic acids is 1. The van der Waals surface area contributed by atoms with E-state index in [4.69, 9.17) is 9.84 Å². The highest BCUT2D eigenvalue weighted by molar-refractivity contribution is 5.89. The molecule has 0 radical (unpaired) electrons. The van der Waals surface area contributed by atoms with Crippen LogP contribution in [0.1, 0.15) is 36.7 Å². The number of carboxylic acid groups (broad SMARTS) is 1. The van der Waals surface area contributed by atoms with Gasteiger partial charge in [-0.25, -0.2) is 9.59 Å². The van der Waals surface area contributed by atoms with E-state index in [-0.39, 0.29) is 5.56 Å². The lowest BCUT2D eigenvalue weighted by Crippen LogP contribution is -2.35. The van der Waals surface area contributed by atoms with Gasteiger partial charge in [-0.05, 0) is 38.8 Å². The van der Waals surface area contributed by atoms with Crippen molar-refractivity contribution in [3.05, 3.63) is 35.4 Å². The first-order valence-corrected chi connectivity index (χ1v) is 6.46. The third-order valence-electron chi connectivity index (χ3n) is 2.67. The van der Waals surface area contributed by atoms with Crippen LogP contribution in [0.25, 0.3) is 0 Å². The van der Waals surface area contributed by atoms with Crippen molar-refractivity contribution in [2.75, 3.05) is 13.6 Å². The molecule has 1 rings (SSSR count). The summed E-state index contributed by atoms with van der Waals surface area (Å²) >= 11 is 0. The van der Waals surface area contributed by atoms with Crippen LogP contribution in [0, 0.1) is 0 Å². The number of carbonyl (C=O) groups is 2. The van der Waals surface area contributed by atoms with Crippen LogP contribution in [0.4, 0.5) is 4.79 Å². The van der Waals surface area contributed by atoms with Crippen molar-refractivity contribution < 1.29 is 19.4 Å². The molecule has 0 saturated heterocycles. The van der Waals surface area contributed by atoms with Crippen molar-refractivity contribution in [3.63, 3.8) is 0 Å². The van der Waals surface area contributed by atoms with Gasteiger partial charge >= 0.3 is 12.1 Å². The van der Waals surface area contributed by atoms with Gasteiger partial charge in [0, 0.05) is 13.6 Å². The fourth-order valence-corrected chi connectivity index (χ4v) is 1.67. The van der Waals surface area contributed by atoms with Crippen LogP contribution in [0.2, 0.25) is 0 Å². The van der Waals surface area contributed by atoms with Crippen molar-refractivity contribution in [2.24, 2.45) is 0 Å². The number of hydrogen-bond acceptors (Lipinski definition) is 3. The Hall–Kier alpha value is -2.04. The smallest absolute Gasteiger partial charge is 0.410 e. The molecule has 110 valence electrons. The number of likely N-dealkylation sites (N-methyl/N-ethyl adjacent to an activating group) is 1. The van der Waals surface area contributed by atoms with Crippen molar-refractivity contribution >= 4 is 12.1 Å². The predicted octanol–water partition coefficient (Wildman–Crippen LogP) is 2.79. The second kappa shape index (κ2) is 6.41. The first-order valence-electron chi connectivity index (χ1n) is 6.46. The average Bonchev–Trinajstić information content (AvgIpc) is 2.34. The van der Waals surface area contributed by atoms with Gasteiger partial charge in [-0.3, -0.25) is 0 Å². The van der Waals surface area contributed by atoms with Gasteiger partial charge in [-0.15, -0.1) is 0 Å². The number of hydrogen-bond donors (Lipinski definition) is 1. The van der Waals surface area contributed by atoms with Gasteiger partial charge in [0.05, 0.1) is 5.56 Å². The summed E-state index contributed by atoms with van der Waals surface area (Å²) in [7, 11) is 1.64. The molecule has 20 heavy (non-hydrogen) atoms. The Morgan fingerprint density at radius 2 is 1.85 bits per heavy atom. The maximum atomic E-state index is 11.8. The zero-order chi connectivity index (χ0) is 15.3. The Morgan fingerprint density at radius 3 is 2.40 bits per heavy atom. The molecule has 0 aliphatic rings. The highest BCUT2D eigenvalue weighted by Crippen LogP contribution is 2.12. The molecule has 0 aromatic heterocycles. The maximum absolute atomic E-state index is 11.8. The van der Waals surface area contributed by atoms with Crippen LogP contribution in [0.15, 0.2) is 24.3 Å². The van der Waals surface area contributed by atoms with E-state index in [0.717, 1.165) is 0 Å². The Kier molecular flexibility index (Phi) is 5.13. The van der Waals surface area contributed by atoms with Gasteiger partial charge in [-0.2, -0.15) is 0 Å². The lowest BCUT2D eigenvalue weighted by Gasteiger charge is -2.24. The van der Waals surface area contributed by atoms with Crippen LogP contribution in [0.3, 0.4) is 0 Å². The second-order valence-corrected chi connectivity index (χ2v) is 5.61. The van der Waals surface area contributed by atoms with E-state index in [1.54, 1.807) is 52.1 Å². The molecular weight excluding hydrogens is 258 g/mol. The first kappa shape index (κ1) is 16.0. The van der Waals surface area contributed by atoms with Crippen molar-refractivity contribution in [1.82, 2.24) is 4.90 Å². The standard InChI is InChI=1S/C15H21NO4/c1-15(2,3)20-14(19)16(4)10-9-11-7-5-6-8-12(11)13(17)18/h5-8H,9-10H2,1-4H3,(H,17,18). The van der Waals surface area contributed by atoms with Gasteiger partial charge in [0.1, 0.15) is 5.60 Å². The number of rotatable bonds is 4. The van der Waals surface area contributed by atoms with Gasteiger partial charge in [0.2, 0.25) is 0 Å². The largest absolute Gasteiger partial charge is 0.478 e. The lowest BCUT2D eigenvalue weighted by atomic mass is 10.0. The summed E-state index contributed by atoms with van der Waals surface area (Å²) in [6.45, 7) is 5.81. The summed E-state index contributed by atoms with van der Waals surface area (Å²) in [4.78, 5) is 24.3. The monoisotopic (exact) mass is 279 g/mol. The van der Waals surface area contributed by atoms with E-state index in [9.17, 15) is 9.59 Å². The van der Waals surface area contributed by atoms with Crippen LogP contribution in [0.5, 0.6) is 0 Å². The van der Waals surface area contributed by atoms with Crippen LogP contribution in [-0.2, 0) is 11.2 Å². The fraction of sp³-hybridized carbons (Fsp3) is 0.467. The van der Waals surface area contributed by atoms with E-state index in [1.165, 1.54) is 4.90 Å². The van der Waals surface area contributed by atoms with E-state index in [1.807, 2.05) is 0 Å². The van der Waals surface area contributed by atoms with E-state index < -0.39 is 17.7 Å². The summed E-state index contributed by atoms with van der Waals surface area (Å²) in [5.41, 5.74) is 0.435. The number of ether oxygens (including phenoxy) is 1. The quantitative estimate of drug-likeness (QED) is 0.920. The zero-order valence-electron chi connectivity index (χ0n) is 12.3. The molecule has 0 unspecified atom stereocenters. The van der Waals surface area contributed by atoms with Crippen molar-refractivity contribution in [1.29, 1.82) is 0 Å². The molecule has 0 heterocycles. The lowest BCUT2D eigenvalue weighted by molar-refractivity contribution is 0.0301. The number of aromatic carboxylic acids is 1. The number of benzene rings is 1. The maximum Gasteiger partial charge on any atom is 0.410 e. The molecule has 5 heteroatoms. The third-order valence-corrected chi connectivity index (χ3v) is 2.67. The number of carbonyl (C=O) groups excluding carboxylic acids is 1. The molecule has 0 atom stereocenters. The minimum Gasteiger partial charge on any atom is -0.478 e. The topological polar surface area (TPSA) is 66.8 Å². The SMILES string of the molecule is CN(CCc1ccccc1C(=O)O)C(=O)OC(C)(C)C. The molecule has 5 nitrogen and oxygen atoms in total. The van der Waals surface area contributed by atoms with E-state index in [2.05, 4.69) is 0 Å². The van der Waals surface area contributed by atoms with Gasteiger partial charge in [0.25, 0.3) is 0 Å². The molecule has 1 aromatic rings. The summed E-state index contributed by atoms with van der Waals surface area (Å²) < 4.78 is 5.24. The van der Waals surface area contributed by atoms with Gasteiger partial charge < -0.3 is 14.7 Å². The minimum absolute atomic E-state index is 0.269. The Balaban J connectivity index is 2.64. The Morgan fingerprint density at radius 1 is 1.25 bits per heavy atom. The molecule has 0 saturated carbocycles. The molecule has 0 fully saturated rings. The first-order chi connectivity index (χ1) is 9.20. The van der Waals surface area contributed by atoms with E-state index >= 15 is 0 Å². The van der Waals surface area contributed by atoms with Crippen LogP contribution in [-0.4, -0.2) is 41.3 Å². The molecular formula is C15H21NO4. The highest BCUT2D eigenvalue weighted by Gasteiger charge is 2.19. The molecule has 0 bridgehead atoms. The van der Waals surface area contributed by atoms with Gasteiger partial charge in [0.15, 0.2) is 0 Å². The normalized spacial score (nSPS) is 11.0. The van der Waals surface area contributed by atoms with E-state index in [0.29, 0.717) is 18.5 Å². The molecule has 0 aliphatic carbocycles. The molecule has 0 spiro atoms. The van der Waals surface area contributed by atoms with Crippen LogP contribution < -0.4 is 0 Å². The third kappa shape index (κ3) is 4.91. The summed E-state index contributed by atoms with van der Waals surface area (Å²) in [5.74, 6) is -0.958. The summed E-state index contributed by atoms with van der Waals surface area (Å²) in [6.07, 6.45) is 0.0587. The molecule has 1 aromatic carbocycles. The fourth-order valence-electron chi connectivity index (χ4n) is 1.67. The second-order valence-electron chi connectivity index (χ2n) is 5.61. The Labute approximate surface area is 119 Å². The van der Waals surface area contributed by atoms with Crippen molar-refractivity contribution in [2.45, 2.75) is 32.8 Å². The molecule has 1 amide bonds. The zero-order valence-corrected chi connectivity index (χ0v) is 12.3. The predicted molar refractivity (Wildman–Crippen MR) is 76.0 cm³/mol. The summed E-state index contributed by atoms with van der Waals surface area (Å²) in [5, 5.41) is 9.09. The molecule has 1 N–H and O–H groups in total.